The van der Waals surface area contributed by atoms with Crippen LogP contribution in [0, 0.1) is 0 Å². The van der Waals surface area contributed by atoms with Crippen LogP contribution in [0.1, 0.15) is 19.8 Å². The molecule has 2 amide bonds. The van der Waals surface area contributed by atoms with Crippen LogP contribution in [0.15, 0.2) is 0 Å². The predicted molar refractivity (Wildman–Crippen MR) is 61.3 cm³/mol. The first-order chi connectivity index (χ1) is 6.70. The number of carbonyl (C=O) groups excluding carboxylic acids is 2. The van der Waals surface area contributed by atoms with Crippen LogP contribution in [-0.2, 0) is 9.59 Å². The average molecular weight is 231 g/mol. The molecular weight excluding hydrogens is 218 g/mol. The molecule has 0 aromatic heterocycles. The number of nitrogens with zero attached hydrogens (tertiary/aromatic N) is 1. The fourth-order valence-corrected chi connectivity index (χ4v) is 4.22. The van der Waals surface area contributed by atoms with Gasteiger partial charge in [0.2, 0.25) is 11.8 Å². The number of imide groups is 1. The number of carbonyl (C=O) groups is 2. The molecule has 7 heteroatoms. The first-order valence-electron chi connectivity index (χ1n) is 4.50. The third kappa shape index (κ3) is 2.72. The molecule has 1 radical (unpaired) electrons. The molecule has 14 heavy (non-hydrogen) atoms. The van der Waals surface area contributed by atoms with E-state index >= 15 is 0 Å². The van der Waals surface area contributed by atoms with E-state index in [0.717, 1.165) is 24.9 Å². The lowest BCUT2D eigenvalue weighted by atomic mass is 10.1. The fraction of sp³-hybridized carbons (Fsp3) is 0.714. The Labute approximate surface area is 90.2 Å². The van der Waals surface area contributed by atoms with Crippen molar-refractivity contribution in [2.24, 2.45) is 5.64 Å². The highest BCUT2D eigenvalue weighted by Gasteiger charge is 2.37. The van der Waals surface area contributed by atoms with Crippen molar-refractivity contribution in [2.75, 3.05) is 6.16 Å². The second-order valence-corrected chi connectivity index (χ2v) is 6.12. The number of amides is 2. The van der Waals surface area contributed by atoms with Crippen molar-refractivity contribution < 1.29 is 9.59 Å². The van der Waals surface area contributed by atoms with Crippen LogP contribution < -0.4 is 5.64 Å². The van der Waals surface area contributed by atoms with E-state index in [1.807, 2.05) is 0 Å². The summed E-state index contributed by atoms with van der Waals surface area (Å²) in [6.07, 6.45) is 2.52. The normalized spacial score (nSPS) is 22.7. The standard InChI is InChI=1S/C7H13BN2O2PS/c1-2-3-13-14-5-4-6(11)10(8-9)7(5)12/h5,13H,2-4,9H2,1H3. The van der Waals surface area contributed by atoms with E-state index in [1.54, 1.807) is 11.4 Å². The molecule has 0 aliphatic carbocycles. The molecule has 2 N–H and O–H groups in total. The Morgan fingerprint density at radius 2 is 2.43 bits per heavy atom. The van der Waals surface area contributed by atoms with E-state index in [9.17, 15) is 9.59 Å². The fourth-order valence-electron chi connectivity index (χ4n) is 1.13. The van der Waals surface area contributed by atoms with Gasteiger partial charge in [0.25, 0.3) is 0 Å². The molecule has 0 aromatic carbocycles. The maximum Gasteiger partial charge on any atom is 0.356 e. The van der Waals surface area contributed by atoms with Gasteiger partial charge >= 0.3 is 7.55 Å². The minimum atomic E-state index is -0.202. The third-order valence-corrected chi connectivity index (χ3v) is 5.36. The van der Waals surface area contributed by atoms with Gasteiger partial charge in [-0.3, -0.25) is 9.59 Å². The predicted octanol–water partition coefficient (Wildman–Crippen LogP) is 0.344. The van der Waals surface area contributed by atoms with E-state index in [2.05, 4.69) is 6.92 Å². The van der Waals surface area contributed by atoms with Crippen LogP contribution in [0.5, 0.6) is 0 Å². The van der Waals surface area contributed by atoms with Gasteiger partial charge in [0.15, 0.2) is 0 Å². The average Bonchev–Trinajstić information content (AvgIpc) is 2.42. The lowest BCUT2D eigenvalue weighted by Gasteiger charge is -2.10. The van der Waals surface area contributed by atoms with Crippen LogP contribution in [0.3, 0.4) is 0 Å². The van der Waals surface area contributed by atoms with Gasteiger partial charge in [0.05, 0.1) is 5.25 Å². The Morgan fingerprint density at radius 3 is 2.93 bits per heavy atom. The van der Waals surface area contributed by atoms with Crippen molar-refractivity contribution in [3.8, 4) is 0 Å². The van der Waals surface area contributed by atoms with E-state index in [4.69, 9.17) is 5.64 Å². The first-order valence-corrected chi connectivity index (χ1v) is 7.31. The van der Waals surface area contributed by atoms with E-state index in [1.165, 1.54) is 0 Å². The summed E-state index contributed by atoms with van der Waals surface area (Å²) >= 11 is 1.58. The van der Waals surface area contributed by atoms with Gasteiger partial charge in [0, 0.05) is 6.42 Å². The van der Waals surface area contributed by atoms with E-state index in [0.29, 0.717) is 14.2 Å². The highest BCUT2D eigenvalue weighted by atomic mass is 32.7. The molecule has 1 heterocycles. The Kier molecular flexibility index (Phi) is 4.92. The van der Waals surface area contributed by atoms with E-state index < -0.39 is 0 Å². The monoisotopic (exact) mass is 231 g/mol. The number of hydrogen-bond donors (Lipinski definition) is 1. The molecule has 0 aromatic rings. The minimum absolute atomic E-state index is 0.161. The molecule has 1 aliphatic rings. The van der Waals surface area contributed by atoms with Crippen molar-refractivity contribution >= 4 is 38.5 Å². The van der Waals surface area contributed by atoms with Crippen molar-refractivity contribution in [3.05, 3.63) is 0 Å². The number of rotatable bonds is 5. The zero-order valence-corrected chi connectivity index (χ0v) is 9.84. The molecule has 0 saturated carbocycles. The topological polar surface area (TPSA) is 63.4 Å². The van der Waals surface area contributed by atoms with Crippen molar-refractivity contribution in [1.29, 1.82) is 0 Å². The summed E-state index contributed by atoms with van der Waals surface area (Å²) < 4.78 is 0. The second kappa shape index (κ2) is 5.74. The summed E-state index contributed by atoms with van der Waals surface area (Å²) in [4.78, 5) is 23.8. The molecular formula is C7H13BN2O2PS. The van der Waals surface area contributed by atoms with Crippen LogP contribution in [0.4, 0.5) is 0 Å². The molecule has 1 fully saturated rings. The van der Waals surface area contributed by atoms with Crippen molar-refractivity contribution in [2.45, 2.75) is 25.0 Å². The summed E-state index contributed by atoms with van der Waals surface area (Å²) in [6.45, 7) is 2.11. The summed E-state index contributed by atoms with van der Waals surface area (Å²) in [5, 5.41) is -0.202. The van der Waals surface area contributed by atoms with Gasteiger partial charge in [-0.15, -0.1) is 11.4 Å². The largest absolute Gasteiger partial charge is 0.356 e. The SMILES string of the molecule is CCCPSC1CC(=O)N([B]N)C1=O. The quantitative estimate of drug-likeness (QED) is 0.321. The lowest BCUT2D eigenvalue weighted by molar-refractivity contribution is -0.132. The zero-order valence-electron chi connectivity index (χ0n) is 8.03. The second-order valence-electron chi connectivity index (χ2n) is 2.96. The van der Waals surface area contributed by atoms with Crippen LogP contribution in [0.2, 0.25) is 0 Å². The molecule has 77 valence electrons. The van der Waals surface area contributed by atoms with Crippen LogP contribution in [0.25, 0.3) is 0 Å². The van der Waals surface area contributed by atoms with Crippen molar-refractivity contribution in [3.63, 3.8) is 0 Å². The van der Waals surface area contributed by atoms with Crippen molar-refractivity contribution in [1.82, 2.24) is 4.81 Å². The Balaban J connectivity index is 2.41. The zero-order chi connectivity index (χ0) is 10.6. The Hall–Kier alpha value is -0.0551. The van der Waals surface area contributed by atoms with Crippen LogP contribution in [-0.4, -0.2) is 35.6 Å². The molecule has 4 nitrogen and oxygen atoms in total. The van der Waals surface area contributed by atoms with E-state index in [-0.39, 0.29) is 17.1 Å². The molecule has 2 unspecified atom stereocenters. The molecule has 1 saturated heterocycles. The molecule has 0 bridgehead atoms. The minimum Gasteiger partial charge on any atom is -0.353 e. The third-order valence-electron chi connectivity index (χ3n) is 1.87. The summed E-state index contributed by atoms with van der Waals surface area (Å²) in [6, 6.07) is 0. The summed E-state index contributed by atoms with van der Waals surface area (Å²) in [5.41, 5.74) is 5.18. The number of nitrogens with two attached hydrogens (primary N) is 1. The van der Waals surface area contributed by atoms with Gasteiger partial charge in [0.1, 0.15) is 0 Å². The highest BCUT2D eigenvalue weighted by molar-refractivity contribution is 8.50. The highest BCUT2D eigenvalue weighted by Crippen LogP contribution is 2.38. The molecule has 1 aliphatic heterocycles. The Morgan fingerprint density at radius 1 is 1.71 bits per heavy atom. The smallest absolute Gasteiger partial charge is 0.353 e. The maximum absolute atomic E-state index is 11.5. The number of hydrogen-bond acceptors (Lipinski definition) is 4. The van der Waals surface area contributed by atoms with Gasteiger partial charge in [-0.25, -0.2) is 0 Å². The summed E-state index contributed by atoms with van der Waals surface area (Å²) in [7, 11) is 1.76. The summed E-state index contributed by atoms with van der Waals surface area (Å²) in [5.74, 6) is -0.345. The van der Waals surface area contributed by atoms with Gasteiger partial charge in [-0.05, 0) is 6.16 Å². The van der Waals surface area contributed by atoms with Gasteiger partial charge in [-0.1, -0.05) is 21.1 Å². The lowest BCUT2D eigenvalue weighted by Crippen LogP contribution is -2.39. The van der Waals surface area contributed by atoms with Gasteiger partial charge in [-0.2, -0.15) is 0 Å². The maximum atomic E-state index is 11.5. The molecule has 0 spiro atoms. The Bertz CT molecular complexity index is 242. The van der Waals surface area contributed by atoms with Gasteiger partial charge < -0.3 is 10.5 Å². The molecule has 2 atom stereocenters. The van der Waals surface area contributed by atoms with Crippen LogP contribution >= 0.6 is 19.2 Å². The molecule has 1 rings (SSSR count). The first kappa shape index (κ1) is 12.0.